The van der Waals surface area contributed by atoms with Crippen molar-refractivity contribution in [3.8, 4) is 0 Å². The second-order valence-corrected chi connectivity index (χ2v) is 7.56. The number of aromatic nitrogens is 5. The number of primary amides is 1. The molecule has 3 aromatic rings. The molecule has 1 unspecified atom stereocenters. The minimum absolute atomic E-state index is 0.00163. The Hall–Kier alpha value is -3.56. The van der Waals surface area contributed by atoms with E-state index in [4.69, 9.17) is 5.73 Å². The first-order valence-corrected chi connectivity index (χ1v) is 10.2. The van der Waals surface area contributed by atoms with Crippen molar-refractivity contribution in [1.82, 2.24) is 24.5 Å². The zero-order valence-electron chi connectivity index (χ0n) is 17.2. The Labute approximate surface area is 178 Å². The maximum atomic E-state index is 13.9. The number of halogens is 1. The lowest BCUT2D eigenvalue weighted by molar-refractivity contribution is -0.118. The number of carbonyl (C=O) groups is 2. The molecule has 2 N–H and O–H groups in total. The first-order chi connectivity index (χ1) is 15.0. The van der Waals surface area contributed by atoms with Crippen molar-refractivity contribution in [2.24, 2.45) is 5.73 Å². The summed E-state index contributed by atoms with van der Waals surface area (Å²) < 4.78 is 17.4. The van der Waals surface area contributed by atoms with Crippen molar-refractivity contribution in [2.45, 2.75) is 44.7 Å². The van der Waals surface area contributed by atoms with Gasteiger partial charge in [-0.25, -0.2) is 18.7 Å². The van der Waals surface area contributed by atoms with Gasteiger partial charge in [-0.15, -0.1) is 5.10 Å². The second-order valence-electron chi connectivity index (χ2n) is 7.56. The zero-order valence-corrected chi connectivity index (χ0v) is 17.2. The molecule has 2 aliphatic rings. The number of hydrogen-bond acceptors (Lipinski definition) is 5. The summed E-state index contributed by atoms with van der Waals surface area (Å²) in [5, 5.41) is 8.24. The van der Waals surface area contributed by atoms with Gasteiger partial charge in [0.05, 0.1) is 12.2 Å². The summed E-state index contributed by atoms with van der Waals surface area (Å²) in [4.78, 5) is 28.3. The van der Waals surface area contributed by atoms with Gasteiger partial charge in [0.2, 0.25) is 11.7 Å². The van der Waals surface area contributed by atoms with Crippen molar-refractivity contribution >= 4 is 17.6 Å². The van der Waals surface area contributed by atoms with Crippen LogP contribution in [-0.2, 0) is 17.8 Å². The van der Waals surface area contributed by atoms with Crippen LogP contribution in [0.5, 0.6) is 0 Å². The van der Waals surface area contributed by atoms with Crippen LogP contribution in [0.2, 0.25) is 0 Å². The number of nitrogens with two attached hydrogens (primary N) is 1. The maximum absolute atomic E-state index is 13.9. The predicted octanol–water partition coefficient (Wildman–Crippen LogP) is 2.08. The summed E-state index contributed by atoms with van der Waals surface area (Å²) in [5.74, 6) is 0.837. The lowest BCUT2D eigenvalue weighted by Crippen LogP contribution is -2.25. The molecule has 1 aromatic carbocycles. The third-order valence-electron chi connectivity index (χ3n) is 5.53. The van der Waals surface area contributed by atoms with Gasteiger partial charge < -0.3 is 10.6 Å². The Morgan fingerprint density at radius 1 is 1.19 bits per heavy atom. The van der Waals surface area contributed by atoms with Crippen molar-refractivity contribution in [3.05, 3.63) is 59.6 Å². The van der Waals surface area contributed by atoms with Crippen LogP contribution < -0.4 is 10.6 Å². The lowest BCUT2D eigenvalue weighted by atomic mass is 9.97. The highest BCUT2D eigenvalue weighted by molar-refractivity contribution is 5.92. The number of rotatable bonds is 2. The van der Waals surface area contributed by atoms with E-state index < -0.39 is 5.91 Å². The van der Waals surface area contributed by atoms with Gasteiger partial charge >= 0.3 is 0 Å². The monoisotopic (exact) mass is 425 g/mol. The van der Waals surface area contributed by atoms with Crippen LogP contribution in [0, 0.1) is 5.82 Å². The summed E-state index contributed by atoms with van der Waals surface area (Å²) in [5.41, 5.74) is 5.76. The molecule has 31 heavy (non-hydrogen) atoms. The molecule has 4 heterocycles. The number of fused-ring (bicyclic) bond motifs is 2. The predicted molar refractivity (Wildman–Crippen MR) is 111 cm³/mol. The van der Waals surface area contributed by atoms with Gasteiger partial charge in [0.1, 0.15) is 17.5 Å². The first kappa shape index (κ1) is 20.7. The molecular formula is C21H24FN7O2. The molecule has 0 saturated heterocycles. The number of carbonyl (C=O) groups excluding carboxylic acids is 2. The van der Waals surface area contributed by atoms with E-state index in [9.17, 15) is 14.0 Å². The number of benzene rings is 1. The van der Waals surface area contributed by atoms with E-state index in [1.54, 1.807) is 41.0 Å². The fourth-order valence-corrected chi connectivity index (χ4v) is 3.95. The molecule has 10 heteroatoms. The summed E-state index contributed by atoms with van der Waals surface area (Å²) in [7, 11) is 1.79. The maximum Gasteiger partial charge on any atom is 0.288 e. The van der Waals surface area contributed by atoms with Crippen molar-refractivity contribution in [1.29, 1.82) is 0 Å². The number of aryl methyl sites for hydroxylation is 2. The summed E-state index contributed by atoms with van der Waals surface area (Å²) in [6, 6.07) is 8.25. The molecular weight excluding hydrogens is 401 g/mol. The van der Waals surface area contributed by atoms with Crippen LogP contribution in [0.1, 0.15) is 53.7 Å². The van der Waals surface area contributed by atoms with Gasteiger partial charge in [-0.05, 0) is 25.3 Å². The Kier molecular flexibility index (Phi) is 5.79. The summed E-state index contributed by atoms with van der Waals surface area (Å²) in [6.45, 7) is 0.846. The molecule has 0 bridgehead atoms. The molecule has 2 aliphatic heterocycles. The van der Waals surface area contributed by atoms with E-state index in [-0.39, 0.29) is 23.6 Å². The van der Waals surface area contributed by atoms with Crippen molar-refractivity contribution in [2.75, 3.05) is 11.9 Å². The average Bonchev–Trinajstić information content (AvgIpc) is 3.38. The van der Waals surface area contributed by atoms with Gasteiger partial charge in [-0.3, -0.25) is 9.59 Å². The highest BCUT2D eigenvalue weighted by Gasteiger charge is 2.27. The normalized spacial score (nSPS) is 17.8. The van der Waals surface area contributed by atoms with Crippen LogP contribution in [0.15, 0.2) is 36.5 Å². The van der Waals surface area contributed by atoms with Crippen molar-refractivity contribution in [3.63, 3.8) is 0 Å². The molecule has 0 saturated carbocycles. The SMILES string of the molecule is CN1C(=O)CCCn2nccc21.NC(=O)c1nc2n(n1)C(c1ccccc1F)CCC2. The summed E-state index contributed by atoms with van der Waals surface area (Å²) >= 11 is 0. The van der Waals surface area contributed by atoms with E-state index in [1.807, 2.05) is 10.7 Å². The third kappa shape index (κ3) is 4.18. The van der Waals surface area contributed by atoms with E-state index >= 15 is 0 Å². The highest BCUT2D eigenvalue weighted by atomic mass is 19.1. The van der Waals surface area contributed by atoms with E-state index in [0.29, 0.717) is 17.8 Å². The standard InChI is InChI=1S/C13H13FN4O.C8H11N3O/c14-9-5-2-1-4-8(9)10-6-3-7-11-16-13(12(15)19)17-18(10)11;1-10-7-4-5-9-11(7)6-2-3-8(10)12/h1-2,4-5,10H,3,6-7H2,(H2,15,19);4-5H,2-3,6H2,1H3. The van der Waals surface area contributed by atoms with E-state index in [2.05, 4.69) is 15.2 Å². The summed E-state index contributed by atoms with van der Waals surface area (Å²) in [6.07, 6.45) is 5.62. The second kappa shape index (κ2) is 8.66. The Morgan fingerprint density at radius 2 is 2.00 bits per heavy atom. The highest BCUT2D eigenvalue weighted by Crippen LogP contribution is 2.30. The molecule has 0 fully saturated rings. The molecule has 0 radical (unpaired) electrons. The first-order valence-electron chi connectivity index (χ1n) is 10.2. The van der Waals surface area contributed by atoms with Crippen molar-refractivity contribution < 1.29 is 14.0 Å². The Morgan fingerprint density at radius 3 is 2.77 bits per heavy atom. The number of hydrogen-bond donors (Lipinski definition) is 1. The Balaban J connectivity index is 0.000000166. The topological polar surface area (TPSA) is 112 Å². The molecule has 162 valence electrons. The fraction of sp³-hybridized carbons (Fsp3) is 0.381. The van der Waals surface area contributed by atoms with E-state index in [1.165, 1.54) is 6.07 Å². The van der Waals surface area contributed by atoms with Gasteiger partial charge in [0, 0.05) is 38.1 Å². The molecule has 2 aromatic heterocycles. The van der Waals surface area contributed by atoms with Crippen LogP contribution >= 0.6 is 0 Å². The molecule has 1 atom stereocenters. The van der Waals surface area contributed by atoms with Crippen LogP contribution in [0.4, 0.5) is 10.2 Å². The van der Waals surface area contributed by atoms with Crippen LogP contribution in [0.25, 0.3) is 0 Å². The molecule has 5 rings (SSSR count). The van der Waals surface area contributed by atoms with Crippen LogP contribution in [0.3, 0.4) is 0 Å². The molecule has 0 aliphatic carbocycles. The van der Waals surface area contributed by atoms with Crippen LogP contribution in [-0.4, -0.2) is 43.4 Å². The number of anilines is 1. The van der Waals surface area contributed by atoms with Gasteiger partial charge in [-0.1, -0.05) is 18.2 Å². The zero-order chi connectivity index (χ0) is 22.0. The third-order valence-corrected chi connectivity index (χ3v) is 5.53. The number of amides is 2. The van der Waals surface area contributed by atoms with Gasteiger partial charge in [0.15, 0.2) is 0 Å². The van der Waals surface area contributed by atoms with Gasteiger partial charge in [-0.2, -0.15) is 5.10 Å². The smallest absolute Gasteiger partial charge is 0.288 e. The minimum Gasteiger partial charge on any atom is -0.363 e. The molecule has 2 amide bonds. The number of nitrogens with zero attached hydrogens (tertiary/aromatic N) is 6. The quantitative estimate of drug-likeness (QED) is 0.676. The van der Waals surface area contributed by atoms with E-state index in [0.717, 1.165) is 38.0 Å². The minimum atomic E-state index is -0.658. The fourth-order valence-electron chi connectivity index (χ4n) is 3.95. The largest absolute Gasteiger partial charge is 0.363 e. The average molecular weight is 425 g/mol. The molecule has 9 nitrogen and oxygen atoms in total. The van der Waals surface area contributed by atoms with Gasteiger partial charge in [0.25, 0.3) is 5.91 Å². The Bertz CT molecular complexity index is 1110. The lowest BCUT2D eigenvalue weighted by Gasteiger charge is -2.24. The molecule has 0 spiro atoms.